The Kier molecular flexibility index (Phi) is 3.49. The molecule has 0 atom stereocenters. The first-order valence-corrected chi connectivity index (χ1v) is 1.44. The molecule has 1 aliphatic rings. The van der Waals surface area contributed by atoms with Crippen LogP contribution in [0.25, 0.3) is 5.53 Å². The Morgan fingerprint density at radius 3 is 2.67 bits per heavy atom. The van der Waals surface area contributed by atoms with Gasteiger partial charge in [0.2, 0.25) is 0 Å². The zero-order valence-electron chi connectivity index (χ0n) is 3.06. The Morgan fingerprint density at radius 2 is 2.50 bits per heavy atom. The monoisotopic (exact) mass is 198 g/mol. The van der Waals surface area contributed by atoms with Gasteiger partial charge in [0.1, 0.15) is 0 Å². The molecule has 0 saturated carbocycles. The predicted molar refractivity (Wildman–Crippen MR) is 17.6 cm³/mol. The van der Waals surface area contributed by atoms with Gasteiger partial charge in [0.25, 0.3) is 0 Å². The average molecular weight is 198 g/mol. The maximum atomic E-state index is 3.60. The highest BCUT2D eigenvalue weighted by molar-refractivity contribution is 4.76. The van der Waals surface area contributed by atoms with Gasteiger partial charge >= 0.3 is 0 Å². The fourth-order valence-corrected chi connectivity index (χ4v) is 0.215. The molecular weight excluding hydrogens is 193 g/mol. The minimum Gasteiger partial charge on any atom is -1.00 e. The van der Waals surface area contributed by atoms with Gasteiger partial charge in [-0.25, -0.2) is 0 Å². The topological polar surface area (TPSA) is 42.7 Å². The number of nitrogens with one attached hydrogen (secondary N) is 1. The van der Waals surface area contributed by atoms with Gasteiger partial charge in [-0.05, 0) is 0 Å². The molecule has 0 aromatic carbocycles. The fraction of sp³-hybridized carbons (Fsp3) is 0. The highest BCUT2D eigenvalue weighted by Gasteiger charge is 1.68. The van der Waals surface area contributed by atoms with Crippen molar-refractivity contribution in [3.8, 4) is 0 Å². The van der Waals surface area contributed by atoms with E-state index in [1.807, 2.05) is 6.20 Å². The number of hydrogen-bond acceptors (Lipinski definition) is 1. The van der Waals surface area contributed by atoms with E-state index in [9.17, 15) is 0 Å². The van der Waals surface area contributed by atoms with Gasteiger partial charge in [-0.1, -0.05) is 0 Å². The number of hydrogen-bond donors (Lipinski definition) is 2. The summed E-state index contributed by atoms with van der Waals surface area (Å²) in [6.45, 7) is 0. The smallest absolute Gasteiger partial charge is 0.0989 e. The van der Waals surface area contributed by atoms with Crippen LogP contribution in [0.4, 0.5) is 0 Å². The molecule has 36 valence electrons. The lowest BCUT2D eigenvalue weighted by molar-refractivity contribution is -0.532. The molecule has 0 bridgehead atoms. The first kappa shape index (κ1) is 6.19. The number of nitrogens with two attached hydrogens (primary N) is 1. The van der Waals surface area contributed by atoms with Crippen LogP contribution in [-0.2, 0) is 0 Å². The van der Waals surface area contributed by atoms with Crippen LogP contribution in [-0.4, -0.2) is 0 Å². The van der Waals surface area contributed by atoms with Gasteiger partial charge < -0.3 is 40.4 Å². The van der Waals surface area contributed by atoms with E-state index in [0.717, 1.165) is 0 Å². The van der Waals surface area contributed by atoms with Crippen molar-refractivity contribution in [3.05, 3.63) is 17.9 Å². The molecule has 4 heteroatoms. The highest BCUT2D eigenvalue weighted by Crippen LogP contribution is 1.63. The summed E-state index contributed by atoms with van der Waals surface area (Å²) in [5.74, 6) is 0. The number of nitrogens with zero attached hydrogens (tertiary/aromatic N) is 1. The van der Waals surface area contributed by atoms with Crippen LogP contribution in [0.3, 0.4) is 0 Å². The van der Waals surface area contributed by atoms with Gasteiger partial charge in [0.05, 0.1) is 6.20 Å². The minimum absolute atomic E-state index is 0. The molecule has 0 aliphatic carbocycles. The molecule has 0 unspecified atom stereocenters. The first-order valence-electron chi connectivity index (χ1n) is 1.44. The molecule has 0 fully saturated rings. The van der Waals surface area contributed by atoms with Crippen molar-refractivity contribution in [2.75, 3.05) is 0 Å². The maximum absolute atomic E-state index is 3.60. The van der Waals surface area contributed by atoms with Crippen LogP contribution < -0.4 is 34.8 Å². The average Bonchev–Trinajstić information content (AvgIpc) is 1.76. The molecule has 6 heavy (non-hydrogen) atoms. The van der Waals surface area contributed by atoms with Crippen molar-refractivity contribution in [3.63, 3.8) is 0 Å². The lowest BCUT2D eigenvalue weighted by Gasteiger charge is -1.99. The third kappa shape index (κ3) is 1.58. The summed E-state index contributed by atoms with van der Waals surface area (Å²) < 4.78 is 0. The SMILES string of the molecule is C1=C[NH2+][N-]N1.[I-]. The summed E-state index contributed by atoms with van der Waals surface area (Å²) in [6, 6.07) is 0. The van der Waals surface area contributed by atoms with Crippen molar-refractivity contribution in [1.82, 2.24) is 5.43 Å². The number of rotatable bonds is 0. The van der Waals surface area contributed by atoms with Crippen LogP contribution >= 0.6 is 0 Å². The molecule has 0 spiro atoms. The molecule has 1 aliphatic heterocycles. The molecule has 3 nitrogen and oxygen atoms in total. The van der Waals surface area contributed by atoms with Crippen molar-refractivity contribution in [2.24, 2.45) is 0 Å². The van der Waals surface area contributed by atoms with Crippen LogP contribution in [0.2, 0.25) is 0 Å². The van der Waals surface area contributed by atoms with E-state index in [0.29, 0.717) is 0 Å². The summed E-state index contributed by atoms with van der Waals surface area (Å²) >= 11 is 0. The van der Waals surface area contributed by atoms with Crippen molar-refractivity contribution in [1.29, 1.82) is 0 Å². The van der Waals surface area contributed by atoms with Gasteiger partial charge in [0, 0.05) is 6.20 Å². The second kappa shape index (κ2) is 3.38. The third-order valence-corrected chi connectivity index (χ3v) is 0.406. The largest absolute Gasteiger partial charge is 1.00 e. The molecule has 0 amide bonds. The zero-order valence-corrected chi connectivity index (χ0v) is 5.21. The van der Waals surface area contributed by atoms with E-state index in [2.05, 4.69) is 11.0 Å². The molecule has 1 rings (SSSR count). The summed E-state index contributed by atoms with van der Waals surface area (Å²) in [6.07, 6.45) is 3.60. The second-order valence-corrected chi connectivity index (χ2v) is 0.766. The van der Waals surface area contributed by atoms with E-state index in [1.165, 1.54) is 0 Å². The lowest BCUT2D eigenvalue weighted by Crippen LogP contribution is -3.00. The Morgan fingerprint density at radius 1 is 1.67 bits per heavy atom. The van der Waals surface area contributed by atoms with E-state index in [1.54, 1.807) is 11.6 Å². The number of quaternary nitrogens is 1. The summed E-state index contributed by atoms with van der Waals surface area (Å²) in [5.41, 5.74) is 7.90. The number of halogens is 1. The summed E-state index contributed by atoms with van der Waals surface area (Å²) in [4.78, 5) is 0. The quantitative estimate of drug-likeness (QED) is 0.301. The fourth-order valence-electron chi connectivity index (χ4n) is 0.215. The maximum Gasteiger partial charge on any atom is 0.0989 e. The molecule has 1 heterocycles. The molecule has 0 saturated heterocycles. The van der Waals surface area contributed by atoms with Gasteiger partial charge in [0.15, 0.2) is 0 Å². The Balaban J connectivity index is 0.000000250. The Labute approximate surface area is 53.1 Å². The van der Waals surface area contributed by atoms with Crippen LogP contribution in [0.5, 0.6) is 0 Å². The first-order chi connectivity index (χ1) is 2.50. The van der Waals surface area contributed by atoms with E-state index in [4.69, 9.17) is 0 Å². The molecule has 0 radical (unpaired) electrons. The van der Waals surface area contributed by atoms with Crippen molar-refractivity contribution < 1.29 is 29.4 Å². The lowest BCUT2D eigenvalue weighted by atomic mass is 11.0. The van der Waals surface area contributed by atoms with E-state index >= 15 is 0 Å². The second-order valence-electron chi connectivity index (χ2n) is 0.766. The van der Waals surface area contributed by atoms with Crippen molar-refractivity contribution >= 4 is 0 Å². The molecule has 0 aromatic heterocycles. The minimum atomic E-state index is 0. The van der Waals surface area contributed by atoms with Crippen molar-refractivity contribution in [2.45, 2.75) is 0 Å². The highest BCUT2D eigenvalue weighted by atomic mass is 127. The standard InChI is InChI=1S/C2H5N3.HI/c1-2-4-5-3-1;/h1-3H,4H2;1H/p-1. The van der Waals surface area contributed by atoms with Crippen LogP contribution in [0.15, 0.2) is 12.4 Å². The van der Waals surface area contributed by atoms with E-state index in [-0.39, 0.29) is 24.0 Å². The zero-order chi connectivity index (χ0) is 3.54. The van der Waals surface area contributed by atoms with Crippen LogP contribution in [0, 0.1) is 0 Å². The van der Waals surface area contributed by atoms with E-state index < -0.39 is 0 Å². The third-order valence-electron chi connectivity index (χ3n) is 0.406. The van der Waals surface area contributed by atoms with Crippen LogP contribution in [0.1, 0.15) is 0 Å². The summed E-state index contributed by atoms with van der Waals surface area (Å²) in [5, 5.41) is 0. The van der Waals surface area contributed by atoms with Gasteiger partial charge in [-0.15, -0.1) is 0 Å². The van der Waals surface area contributed by atoms with Gasteiger partial charge in [-0.2, -0.15) is 0 Å². The Hall–Kier alpha value is 0.190. The predicted octanol–water partition coefficient (Wildman–Crippen LogP) is -4.17. The normalized spacial score (nSPS) is 16.0. The molecular formula is C2H5IN3-. The Bertz CT molecular complexity index is 46.8. The van der Waals surface area contributed by atoms with Gasteiger partial charge in [-0.3, -0.25) is 0 Å². The summed E-state index contributed by atoms with van der Waals surface area (Å²) in [7, 11) is 0. The molecule has 3 N–H and O–H groups in total. The molecule has 0 aromatic rings.